The average molecular weight is 386 g/mol. The topological polar surface area (TPSA) is 77.0 Å². The van der Waals surface area contributed by atoms with Crippen molar-refractivity contribution in [1.82, 2.24) is 14.3 Å². The van der Waals surface area contributed by atoms with Gasteiger partial charge in [0.25, 0.3) is 5.91 Å². The van der Waals surface area contributed by atoms with E-state index in [1.54, 1.807) is 39.0 Å². The quantitative estimate of drug-likeness (QED) is 0.509. The Labute approximate surface area is 169 Å². The molecule has 0 N–H and O–H groups in total. The molecule has 0 saturated carbocycles. The summed E-state index contributed by atoms with van der Waals surface area (Å²) >= 11 is 0. The molecule has 146 valence electrons. The van der Waals surface area contributed by atoms with Gasteiger partial charge < -0.3 is 9.30 Å². The van der Waals surface area contributed by atoms with Crippen LogP contribution in [0.25, 0.3) is 5.52 Å². The molecule has 0 unspecified atom stereocenters. The van der Waals surface area contributed by atoms with Crippen molar-refractivity contribution >= 4 is 23.5 Å². The largest absolute Gasteiger partial charge is 0.332 e. The second-order valence-electron chi connectivity index (χ2n) is 7.53. The van der Waals surface area contributed by atoms with Crippen molar-refractivity contribution < 1.29 is 4.79 Å². The molecule has 1 aliphatic heterocycles. The first kappa shape index (κ1) is 18.7. The van der Waals surface area contributed by atoms with Crippen LogP contribution in [-0.2, 0) is 5.54 Å². The zero-order chi connectivity index (χ0) is 20.8. The molecule has 7 nitrogen and oxygen atoms in total. The van der Waals surface area contributed by atoms with Crippen LogP contribution in [0.15, 0.2) is 47.8 Å². The minimum absolute atomic E-state index is 0.0427. The Morgan fingerprint density at radius 1 is 1.31 bits per heavy atom. The monoisotopic (exact) mass is 386 g/mol. The Morgan fingerprint density at radius 3 is 2.83 bits per heavy atom. The van der Waals surface area contributed by atoms with E-state index in [1.807, 2.05) is 52.1 Å². The summed E-state index contributed by atoms with van der Waals surface area (Å²) in [4.78, 5) is 18.7. The normalized spacial score (nSPS) is 15.1. The number of hydrazone groups is 1. The van der Waals surface area contributed by atoms with Crippen LogP contribution in [0.2, 0.25) is 0 Å². The molecule has 3 heterocycles. The van der Waals surface area contributed by atoms with Crippen LogP contribution >= 0.6 is 0 Å². The molecule has 3 aromatic rings. The van der Waals surface area contributed by atoms with E-state index < -0.39 is 0 Å². The summed E-state index contributed by atoms with van der Waals surface area (Å²) in [5.74, 6) is 0.727. The Bertz CT molecular complexity index is 1180. The smallest absolute Gasteiger partial charge is 0.254 e. The average Bonchev–Trinajstić information content (AvgIpc) is 3.22. The van der Waals surface area contributed by atoms with Gasteiger partial charge in [-0.2, -0.15) is 10.4 Å². The highest BCUT2D eigenvalue weighted by Crippen LogP contribution is 2.37. The van der Waals surface area contributed by atoms with E-state index in [0.29, 0.717) is 18.1 Å². The number of hydrogen-bond acceptors (Lipinski definition) is 5. The molecule has 1 aromatic carbocycles. The number of carbonyl (C=O) groups is 1. The van der Waals surface area contributed by atoms with Crippen LogP contribution in [-0.4, -0.2) is 40.0 Å². The van der Waals surface area contributed by atoms with Crippen molar-refractivity contribution in [2.75, 3.05) is 18.6 Å². The lowest BCUT2D eigenvalue weighted by atomic mass is 9.92. The summed E-state index contributed by atoms with van der Waals surface area (Å²) in [6.07, 6.45) is 5.22. The molecule has 0 aliphatic carbocycles. The van der Waals surface area contributed by atoms with Crippen molar-refractivity contribution in [3.8, 4) is 6.07 Å². The maximum atomic E-state index is 12.4. The summed E-state index contributed by atoms with van der Waals surface area (Å²) in [6.45, 7) is 6.70. The Kier molecular flexibility index (Phi) is 4.35. The van der Waals surface area contributed by atoms with Crippen LogP contribution in [0.4, 0.5) is 5.82 Å². The molecular weight excluding hydrogens is 364 g/mol. The number of hydrogen-bond donors (Lipinski definition) is 0. The van der Waals surface area contributed by atoms with Crippen molar-refractivity contribution in [2.24, 2.45) is 5.10 Å². The van der Waals surface area contributed by atoms with E-state index in [2.05, 4.69) is 16.2 Å². The van der Waals surface area contributed by atoms with E-state index >= 15 is 0 Å². The highest BCUT2D eigenvalue weighted by atomic mass is 16.2. The highest BCUT2D eigenvalue weighted by Gasteiger charge is 2.40. The lowest BCUT2D eigenvalue weighted by Gasteiger charge is -2.28. The van der Waals surface area contributed by atoms with Crippen LogP contribution in [0.1, 0.15) is 48.0 Å². The number of aromatic nitrogens is 2. The van der Waals surface area contributed by atoms with Gasteiger partial charge in [0.1, 0.15) is 11.8 Å². The summed E-state index contributed by atoms with van der Waals surface area (Å²) in [7, 11) is 1.83. The zero-order valence-electron chi connectivity index (χ0n) is 16.9. The molecule has 0 radical (unpaired) electrons. The van der Waals surface area contributed by atoms with Gasteiger partial charge >= 0.3 is 0 Å². The first-order chi connectivity index (χ1) is 13.9. The number of nitrogens with zero attached hydrogens (tertiary/aromatic N) is 6. The number of amides is 1. The minimum Gasteiger partial charge on any atom is -0.332 e. The SMILES string of the molecule is CCN(/N=C/c1ccc2c(c1)C(C)(C)N(C)C2=O)c1nccn2c(C#N)ccc12. The van der Waals surface area contributed by atoms with Gasteiger partial charge in [-0.05, 0) is 56.2 Å². The van der Waals surface area contributed by atoms with Crippen molar-refractivity contribution in [3.05, 3.63) is 65.1 Å². The molecule has 0 saturated heterocycles. The fourth-order valence-corrected chi connectivity index (χ4v) is 3.69. The van der Waals surface area contributed by atoms with Gasteiger partial charge in [0.15, 0.2) is 5.82 Å². The highest BCUT2D eigenvalue weighted by molar-refractivity contribution is 6.00. The number of fused-ring (bicyclic) bond motifs is 2. The summed E-state index contributed by atoms with van der Waals surface area (Å²) in [5.41, 5.74) is 3.68. The first-order valence-electron chi connectivity index (χ1n) is 9.49. The number of rotatable bonds is 4. The predicted octanol–water partition coefficient (Wildman–Crippen LogP) is 3.39. The maximum Gasteiger partial charge on any atom is 0.254 e. The molecule has 2 aromatic heterocycles. The van der Waals surface area contributed by atoms with Gasteiger partial charge in [-0.25, -0.2) is 9.99 Å². The van der Waals surface area contributed by atoms with E-state index in [0.717, 1.165) is 22.2 Å². The number of carbonyl (C=O) groups excluding carboxylic acids is 1. The Balaban J connectivity index is 1.69. The molecule has 0 atom stereocenters. The summed E-state index contributed by atoms with van der Waals surface area (Å²) < 4.78 is 1.81. The van der Waals surface area contributed by atoms with Crippen LogP contribution in [0.5, 0.6) is 0 Å². The molecule has 1 aliphatic rings. The van der Waals surface area contributed by atoms with E-state index in [-0.39, 0.29) is 11.4 Å². The van der Waals surface area contributed by atoms with Crippen LogP contribution < -0.4 is 5.01 Å². The Morgan fingerprint density at radius 2 is 2.10 bits per heavy atom. The van der Waals surface area contributed by atoms with Crippen molar-refractivity contribution in [2.45, 2.75) is 26.3 Å². The van der Waals surface area contributed by atoms with Gasteiger partial charge in [-0.3, -0.25) is 4.79 Å². The minimum atomic E-state index is -0.354. The van der Waals surface area contributed by atoms with Gasteiger partial charge in [-0.15, -0.1) is 0 Å². The maximum absolute atomic E-state index is 12.4. The standard InChI is InChI=1S/C22H22N6O/c1-5-28(20-19-9-7-16(13-23)27(19)11-10-24-20)25-14-15-6-8-17-18(12-15)22(2,3)26(4)21(17)29/h6-12,14H,5H2,1-4H3/b25-14+. The Hall–Kier alpha value is -3.66. The fraction of sp³-hybridized carbons (Fsp3) is 0.273. The summed E-state index contributed by atoms with van der Waals surface area (Å²) in [5, 5.41) is 15.7. The summed E-state index contributed by atoms with van der Waals surface area (Å²) in [6, 6.07) is 11.6. The molecule has 0 fully saturated rings. The zero-order valence-corrected chi connectivity index (χ0v) is 16.9. The third kappa shape index (κ3) is 2.85. The number of anilines is 1. The predicted molar refractivity (Wildman–Crippen MR) is 112 cm³/mol. The van der Waals surface area contributed by atoms with E-state index in [1.165, 1.54) is 0 Å². The van der Waals surface area contributed by atoms with Crippen molar-refractivity contribution in [1.29, 1.82) is 5.26 Å². The van der Waals surface area contributed by atoms with Gasteiger partial charge in [0, 0.05) is 31.5 Å². The molecule has 4 rings (SSSR count). The molecule has 0 bridgehead atoms. The second-order valence-corrected chi connectivity index (χ2v) is 7.53. The van der Waals surface area contributed by atoms with Gasteiger partial charge in [-0.1, -0.05) is 6.07 Å². The lowest BCUT2D eigenvalue weighted by Crippen LogP contribution is -2.35. The van der Waals surface area contributed by atoms with E-state index in [4.69, 9.17) is 0 Å². The van der Waals surface area contributed by atoms with Gasteiger partial charge in [0.05, 0.1) is 17.3 Å². The molecular formula is C22H22N6O. The third-order valence-corrected chi connectivity index (χ3v) is 5.64. The molecule has 0 spiro atoms. The fourth-order valence-electron chi connectivity index (χ4n) is 3.69. The molecule has 29 heavy (non-hydrogen) atoms. The number of nitriles is 1. The van der Waals surface area contributed by atoms with Crippen LogP contribution in [0.3, 0.4) is 0 Å². The first-order valence-corrected chi connectivity index (χ1v) is 9.49. The molecule has 1 amide bonds. The molecule has 7 heteroatoms. The van der Waals surface area contributed by atoms with Crippen molar-refractivity contribution in [3.63, 3.8) is 0 Å². The number of benzene rings is 1. The van der Waals surface area contributed by atoms with Crippen LogP contribution in [0, 0.1) is 11.3 Å². The lowest BCUT2D eigenvalue weighted by molar-refractivity contribution is 0.0691. The third-order valence-electron chi connectivity index (χ3n) is 5.64. The van der Waals surface area contributed by atoms with E-state index in [9.17, 15) is 10.1 Å². The van der Waals surface area contributed by atoms with Gasteiger partial charge in [0.2, 0.25) is 0 Å². The second kappa shape index (κ2) is 6.74.